The number of hydrogen-bond acceptors (Lipinski definition) is 4. The first-order valence-electron chi connectivity index (χ1n) is 6.19. The van der Waals surface area contributed by atoms with Gasteiger partial charge in [-0.2, -0.15) is 0 Å². The van der Waals surface area contributed by atoms with Gasteiger partial charge in [-0.05, 0) is 11.6 Å². The Hall–Kier alpha value is -2.20. The molecule has 98 valence electrons. The third-order valence-corrected chi connectivity index (χ3v) is 3.06. The van der Waals surface area contributed by atoms with Crippen molar-refractivity contribution in [2.75, 3.05) is 6.79 Å². The highest BCUT2D eigenvalue weighted by Crippen LogP contribution is 2.37. The summed E-state index contributed by atoms with van der Waals surface area (Å²) in [6, 6.07) is 13.5. The minimum Gasteiger partial charge on any atom is -0.507 e. The van der Waals surface area contributed by atoms with Crippen molar-refractivity contribution in [3.05, 3.63) is 53.6 Å². The van der Waals surface area contributed by atoms with E-state index in [-0.39, 0.29) is 12.5 Å². The second kappa shape index (κ2) is 5.20. The van der Waals surface area contributed by atoms with E-state index in [0.29, 0.717) is 18.0 Å². The van der Waals surface area contributed by atoms with Gasteiger partial charge in [0.1, 0.15) is 5.75 Å². The average molecular weight is 257 g/mol. The molecular weight excluding hydrogens is 242 g/mol. The van der Waals surface area contributed by atoms with Crippen LogP contribution in [0.1, 0.15) is 11.1 Å². The maximum atomic E-state index is 9.90. The second-order valence-electron chi connectivity index (χ2n) is 4.42. The minimum absolute atomic E-state index is 0.218. The van der Waals surface area contributed by atoms with Crippen molar-refractivity contribution in [3.8, 4) is 17.2 Å². The molecule has 0 spiro atoms. The van der Waals surface area contributed by atoms with Gasteiger partial charge in [-0.15, -0.1) is 0 Å². The lowest BCUT2D eigenvalue weighted by Gasteiger charge is -2.08. The standard InChI is InChI=1S/C15H15NO3/c17-13-7-15-14(18-10-19-15)6-12(13)9-16-8-11-4-2-1-3-5-11/h1-7,16-17H,8-10H2. The molecule has 0 aliphatic carbocycles. The Morgan fingerprint density at radius 1 is 1.00 bits per heavy atom. The summed E-state index contributed by atoms with van der Waals surface area (Å²) in [4.78, 5) is 0. The van der Waals surface area contributed by atoms with Gasteiger partial charge in [0.15, 0.2) is 11.5 Å². The molecule has 2 aromatic carbocycles. The van der Waals surface area contributed by atoms with Crippen molar-refractivity contribution in [2.24, 2.45) is 0 Å². The van der Waals surface area contributed by atoms with Crippen LogP contribution in [-0.2, 0) is 13.1 Å². The highest BCUT2D eigenvalue weighted by molar-refractivity contribution is 5.51. The summed E-state index contributed by atoms with van der Waals surface area (Å²) in [5.74, 6) is 1.52. The molecular formula is C15H15NO3. The zero-order chi connectivity index (χ0) is 13.1. The third kappa shape index (κ3) is 2.63. The highest BCUT2D eigenvalue weighted by atomic mass is 16.7. The number of ether oxygens (including phenoxy) is 2. The number of phenolic OH excluding ortho intramolecular Hbond substituents is 1. The Morgan fingerprint density at radius 2 is 1.74 bits per heavy atom. The average Bonchev–Trinajstić information content (AvgIpc) is 2.87. The lowest BCUT2D eigenvalue weighted by atomic mass is 10.1. The van der Waals surface area contributed by atoms with E-state index >= 15 is 0 Å². The van der Waals surface area contributed by atoms with Crippen molar-refractivity contribution < 1.29 is 14.6 Å². The van der Waals surface area contributed by atoms with Crippen molar-refractivity contribution in [3.63, 3.8) is 0 Å². The molecule has 0 atom stereocenters. The SMILES string of the molecule is Oc1cc2c(cc1CNCc1ccccc1)OCO2. The number of rotatable bonds is 4. The second-order valence-corrected chi connectivity index (χ2v) is 4.42. The third-order valence-electron chi connectivity index (χ3n) is 3.06. The molecule has 0 amide bonds. The first-order valence-corrected chi connectivity index (χ1v) is 6.19. The van der Waals surface area contributed by atoms with E-state index in [1.54, 1.807) is 6.07 Å². The van der Waals surface area contributed by atoms with Crippen LogP contribution in [0, 0.1) is 0 Å². The molecule has 1 aliphatic rings. The maximum Gasteiger partial charge on any atom is 0.231 e. The molecule has 0 saturated heterocycles. The quantitative estimate of drug-likeness (QED) is 0.883. The monoisotopic (exact) mass is 257 g/mol. The minimum atomic E-state index is 0.218. The van der Waals surface area contributed by atoms with Crippen LogP contribution in [0.5, 0.6) is 17.2 Å². The number of nitrogens with one attached hydrogen (secondary N) is 1. The molecule has 0 bridgehead atoms. The molecule has 3 rings (SSSR count). The summed E-state index contributed by atoms with van der Waals surface area (Å²) in [7, 11) is 0. The lowest BCUT2D eigenvalue weighted by molar-refractivity contribution is 0.174. The van der Waals surface area contributed by atoms with E-state index in [0.717, 1.165) is 12.1 Å². The van der Waals surface area contributed by atoms with Crippen LogP contribution in [0.4, 0.5) is 0 Å². The van der Waals surface area contributed by atoms with Crippen LogP contribution in [-0.4, -0.2) is 11.9 Å². The van der Waals surface area contributed by atoms with Crippen LogP contribution in [0.3, 0.4) is 0 Å². The summed E-state index contributed by atoms with van der Waals surface area (Å²) in [5, 5.41) is 13.2. The van der Waals surface area contributed by atoms with Gasteiger partial charge in [-0.25, -0.2) is 0 Å². The molecule has 0 unspecified atom stereocenters. The van der Waals surface area contributed by atoms with E-state index in [2.05, 4.69) is 17.4 Å². The Kier molecular flexibility index (Phi) is 3.25. The van der Waals surface area contributed by atoms with Crippen LogP contribution in [0.2, 0.25) is 0 Å². The highest BCUT2D eigenvalue weighted by Gasteiger charge is 2.16. The van der Waals surface area contributed by atoms with Crippen molar-refractivity contribution in [2.45, 2.75) is 13.1 Å². The van der Waals surface area contributed by atoms with Crippen molar-refractivity contribution in [1.29, 1.82) is 0 Å². The zero-order valence-corrected chi connectivity index (χ0v) is 10.4. The Balaban J connectivity index is 1.64. The molecule has 4 heteroatoms. The summed E-state index contributed by atoms with van der Waals surface area (Å²) in [6.07, 6.45) is 0. The number of fused-ring (bicyclic) bond motifs is 1. The van der Waals surface area contributed by atoms with E-state index in [9.17, 15) is 5.11 Å². The fourth-order valence-electron chi connectivity index (χ4n) is 2.05. The maximum absolute atomic E-state index is 9.90. The number of hydrogen-bond donors (Lipinski definition) is 2. The van der Waals surface area contributed by atoms with Crippen LogP contribution < -0.4 is 14.8 Å². The molecule has 1 heterocycles. The lowest BCUT2D eigenvalue weighted by Crippen LogP contribution is -2.12. The van der Waals surface area contributed by atoms with Gasteiger partial charge in [0.05, 0.1) is 0 Å². The van der Waals surface area contributed by atoms with E-state index in [1.807, 2.05) is 24.3 Å². The summed E-state index contributed by atoms with van der Waals surface area (Å²) < 4.78 is 10.5. The first-order chi connectivity index (χ1) is 9.33. The van der Waals surface area contributed by atoms with Gasteiger partial charge in [0.25, 0.3) is 0 Å². The van der Waals surface area contributed by atoms with Gasteiger partial charge in [-0.1, -0.05) is 30.3 Å². The largest absolute Gasteiger partial charge is 0.507 e. The molecule has 1 aliphatic heterocycles. The summed E-state index contributed by atoms with van der Waals surface area (Å²) >= 11 is 0. The first kappa shape index (κ1) is 11.9. The fraction of sp³-hybridized carbons (Fsp3) is 0.200. The predicted molar refractivity (Wildman–Crippen MR) is 71.2 cm³/mol. The smallest absolute Gasteiger partial charge is 0.231 e. The summed E-state index contributed by atoms with van der Waals surface area (Å²) in [5.41, 5.74) is 2.02. The Bertz CT molecular complexity index is 569. The van der Waals surface area contributed by atoms with Gasteiger partial charge in [-0.3, -0.25) is 0 Å². The number of benzene rings is 2. The molecule has 0 saturated carbocycles. The molecule has 0 radical (unpaired) electrons. The molecule has 2 aromatic rings. The Morgan fingerprint density at radius 3 is 2.53 bits per heavy atom. The van der Waals surface area contributed by atoms with E-state index in [4.69, 9.17) is 9.47 Å². The van der Waals surface area contributed by atoms with Gasteiger partial charge in [0.2, 0.25) is 6.79 Å². The van der Waals surface area contributed by atoms with Crippen LogP contribution in [0.25, 0.3) is 0 Å². The van der Waals surface area contributed by atoms with Gasteiger partial charge < -0.3 is 19.9 Å². The van der Waals surface area contributed by atoms with Crippen molar-refractivity contribution >= 4 is 0 Å². The van der Waals surface area contributed by atoms with Crippen LogP contribution in [0.15, 0.2) is 42.5 Å². The van der Waals surface area contributed by atoms with Gasteiger partial charge >= 0.3 is 0 Å². The number of phenols is 1. The molecule has 19 heavy (non-hydrogen) atoms. The normalized spacial score (nSPS) is 12.6. The van der Waals surface area contributed by atoms with Crippen LogP contribution >= 0.6 is 0 Å². The number of aromatic hydroxyl groups is 1. The molecule has 2 N–H and O–H groups in total. The topological polar surface area (TPSA) is 50.7 Å². The molecule has 0 fully saturated rings. The molecule has 4 nitrogen and oxygen atoms in total. The van der Waals surface area contributed by atoms with E-state index < -0.39 is 0 Å². The Labute approximate surface area is 111 Å². The zero-order valence-electron chi connectivity index (χ0n) is 10.4. The fourth-order valence-corrected chi connectivity index (χ4v) is 2.05. The van der Waals surface area contributed by atoms with Crippen molar-refractivity contribution in [1.82, 2.24) is 5.32 Å². The summed E-state index contributed by atoms with van der Waals surface area (Å²) in [6.45, 7) is 1.56. The predicted octanol–water partition coefficient (Wildman–Crippen LogP) is 2.41. The van der Waals surface area contributed by atoms with E-state index in [1.165, 1.54) is 5.56 Å². The molecule has 0 aromatic heterocycles. The van der Waals surface area contributed by atoms with Gasteiger partial charge in [0, 0.05) is 24.7 Å².